The smallest absolute Gasteiger partial charge is 0.246 e. The van der Waals surface area contributed by atoms with Crippen molar-refractivity contribution in [3.8, 4) is 11.3 Å². The molecule has 30 heavy (non-hydrogen) atoms. The summed E-state index contributed by atoms with van der Waals surface area (Å²) in [5.74, 6) is 0. The fraction of sp³-hybridized carbons (Fsp3) is 0.0400. The average molecular weight is 413 g/mol. The molecule has 5 heteroatoms. The number of sulfonamides is 1. The van der Waals surface area contributed by atoms with Crippen LogP contribution in [0.3, 0.4) is 0 Å². The zero-order valence-corrected chi connectivity index (χ0v) is 17.3. The van der Waals surface area contributed by atoms with E-state index in [9.17, 15) is 8.42 Å². The number of hydrogen-bond acceptors (Lipinski definition) is 3. The molecule has 0 aliphatic carbocycles. The number of pyridine rings is 1. The largest absolute Gasteiger partial charge is 0.282 e. The first kappa shape index (κ1) is 19.7. The molecule has 0 amide bonds. The molecule has 0 saturated carbocycles. The highest BCUT2D eigenvalue weighted by molar-refractivity contribution is 7.90. The van der Waals surface area contributed by atoms with E-state index in [-0.39, 0.29) is 4.90 Å². The van der Waals surface area contributed by atoms with Gasteiger partial charge in [0, 0.05) is 11.1 Å². The third kappa shape index (κ3) is 4.36. The van der Waals surface area contributed by atoms with Gasteiger partial charge in [0.2, 0.25) is 0 Å². The number of hydrogen-bond donors (Lipinski definition) is 0. The summed E-state index contributed by atoms with van der Waals surface area (Å²) in [4.78, 5) is 4.87. The van der Waals surface area contributed by atoms with E-state index in [4.69, 9.17) is 4.98 Å². The second-order valence-corrected chi connectivity index (χ2v) is 8.47. The summed E-state index contributed by atoms with van der Waals surface area (Å²) in [7, 11) is -3.90. The number of benzene rings is 3. The lowest BCUT2D eigenvalue weighted by molar-refractivity contribution is 0.598. The van der Waals surface area contributed by atoms with Crippen molar-refractivity contribution in [3.05, 3.63) is 120 Å². The second-order valence-electron chi connectivity index (χ2n) is 6.87. The van der Waals surface area contributed by atoms with E-state index < -0.39 is 10.0 Å². The maximum absolute atomic E-state index is 13.0. The normalized spacial score (nSPS) is 12.0. The van der Waals surface area contributed by atoms with Crippen molar-refractivity contribution in [1.29, 1.82) is 0 Å². The van der Waals surface area contributed by atoms with Crippen LogP contribution in [0, 0.1) is 6.92 Å². The van der Waals surface area contributed by atoms with E-state index in [2.05, 4.69) is 4.40 Å². The summed E-state index contributed by atoms with van der Waals surface area (Å²) in [5.41, 5.74) is 4.19. The molecule has 3 aromatic carbocycles. The summed E-state index contributed by atoms with van der Waals surface area (Å²) in [6.07, 6.45) is 0. The predicted molar refractivity (Wildman–Crippen MR) is 120 cm³/mol. The van der Waals surface area contributed by atoms with Crippen LogP contribution in [0.4, 0.5) is 0 Å². The van der Waals surface area contributed by atoms with Gasteiger partial charge in [0.15, 0.2) is 0 Å². The Hall–Kier alpha value is -3.57. The van der Waals surface area contributed by atoms with Gasteiger partial charge < -0.3 is 0 Å². The Labute approximate surface area is 176 Å². The average Bonchev–Trinajstić information content (AvgIpc) is 2.79. The van der Waals surface area contributed by atoms with Gasteiger partial charge in [-0.3, -0.25) is 0 Å². The molecular weight excluding hydrogens is 392 g/mol. The van der Waals surface area contributed by atoms with Crippen LogP contribution in [0.15, 0.2) is 112 Å². The zero-order valence-electron chi connectivity index (χ0n) is 16.4. The number of aromatic nitrogens is 1. The van der Waals surface area contributed by atoms with Gasteiger partial charge in [0.25, 0.3) is 10.0 Å². The van der Waals surface area contributed by atoms with Gasteiger partial charge in [0.1, 0.15) is 5.71 Å². The second kappa shape index (κ2) is 8.43. The minimum Gasteiger partial charge on any atom is -0.246 e. The first-order valence-electron chi connectivity index (χ1n) is 9.53. The third-order valence-electron chi connectivity index (χ3n) is 4.64. The Morgan fingerprint density at radius 1 is 0.733 bits per heavy atom. The summed E-state index contributed by atoms with van der Waals surface area (Å²) in [5, 5.41) is 0. The summed E-state index contributed by atoms with van der Waals surface area (Å²) >= 11 is 0. The van der Waals surface area contributed by atoms with Gasteiger partial charge in [-0.05, 0) is 31.2 Å². The van der Waals surface area contributed by atoms with Crippen LogP contribution in [0.25, 0.3) is 11.3 Å². The molecule has 4 aromatic rings. The highest BCUT2D eigenvalue weighted by atomic mass is 32.2. The minimum atomic E-state index is -3.90. The van der Waals surface area contributed by atoms with E-state index in [0.717, 1.165) is 16.8 Å². The molecule has 0 fully saturated rings. The van der Waals surface area contributed by atoms with Gasteiger partial charge in [0.05, 0.1) is 16.3 Å². The molecule has 0 N–H and O–H groups in total. The van der Waals surface area contributed by atoms with Crippen LogP contribution in [0.2, 0.25) is 0 Å². The maximum atomic E-state index is 13.0. The maximum Gasteiger partial charge on any atom is 0.282 e. The molecule has 0 aliphatic heterocycles. The minimum absolute atomic E-state index is 0.153. The predicted octanol–water partition coefficient (Wildman–Crippen LogP) is 5.28. The van der Waals surface area contributed by atoms with Crippen molar-refractivity contribution in [2.75, 3.05) is 0 Å². The SMILES string of the molecule is Cc1ccc(S(=O)(=O)/N=C(\c2ccccc2)c2cccc(-c3ccccc3)n2)cc1. The highest BCUT2D eigenvalue weighted by Gasteiger charge is 2.18. The van der Waals surface area contributed by atoms with E-state index >= 15 is 0 Å². The first-order valence-corrected chi connectivity index (χ1v) is 11.0. The Morgan fingerprint density at radius 3 is 2.03 bits per heavy atom. The molecule has 0 aliphatic rings. The Kier molecular flexibility index (Phi) is 5.55. The van der Waals surface area contributed by atoms with Gasteiger partial charge >= 0.3 is 0 Å². The first-order chi connectivity index (χ1) is 14.5. The van der Waals surface area contributed by atoms with Gasteiger partial charge in [-0.15, -0.1) is 0 Å². The number of rotatable bonds is 5. The highest BCUT2D eigenvalue weighted by Crippen LogP contribution is 2.21. The topological polar surface area (TPSA) is 59.4 Å². The lowest BCUT2D eigenvalue weighted by atomic mass is 10.1. The summed E-state index contributed by atoms with van der Waals surface area (Å²) in [6, 6.07) is 31.2. The molecule has 0 atom stereocenters. The zero-order chi connectivity index (χ0) is 21.0. The fourth-order valence-electron chi connectivity index (χ4n) is 3.06. The van der Waals surface area contributed by atoms with Gasteiger partial charge in [-0.1, -0.05) is 84.4 Å². The molecular formula is C25H20N2O2S. The van der Waals surface area contributed by atoms with Crippen molar-refractivity contribution in [3.63, 3.8) is 0 Å². The number of aryl methyl sites for hydroxylation is 1. The summed E-state index contributed by atoms with van der Waals surface area (Å²) in [6.45, 7) is 1.91. The van der Waals surface area contributed by atoms with Crippen molar-refractivity contribution in [2.24, 2.45) is 4.40 Å². The number of nitrogens with zero attached hydrogens (tertiary/aromatic N) is 2. The molecule has 0 saturated heterocycles. The molecule has 4 nitrogen and oxygen atoms in total. The lowest BCUT2D eigenvalue weighted by Crippen LogP contribution is -2.10. The molecule has 0 bridgehead atoms. The Balaban J connectivity index is 1.86. The molecule has 4 rings (SSSR count). The van der Waals surface area contributed by atoms with Crippen LogP contribution < -0.4 is 0 Å². The molecule has 1 aromatic heterocycles. The van der Waals surface area contributed by atoms with E-state index in [0.29, 0.717) is 17.0 Å². The van der Waals surface area contributed by atoms with Crippen LogP contribution in [0.1, 0.15) is 16.8 Å². The molecule has 148 valence electrons. The molecule has 0 radical (unpaired) electrons. The van der Waals surface area contributed by atoms with Crippen LogP contribution in [-0.4, -0.2) is 19.1 Å². The van der Waals surface area contributed by atoms with E-state index in [1.165, 1.54) is 0 Å². The Morgan fingerprint density at radius 2 is 1.37 bits per heavy atom. The van der Waals surface area contributed by atoms with Crippen LogP contribution in [-0.2, 0) is 10.0 Å². The van der Waals surface area contributed by atoms with Crippen molar-refractivity contribution in [1.82, 2.24) is 4.98 Å². The Bertz CT molecular complexity index is 1280. The third-order valence-corrected chi connectivity index (χ3v) is 5.93. The van der Waals surface area contributed by atoms with Crippen molar-refractivity contribution in [2.45, 2.75) is 11.8 Å². The van der Waals surface area contributed by atoms with Crippen LogP contribution >= 0.6 is 0 Å². The lowest BCUT2D eigenvalue weighted by Gasteiger charge is -2.09. The standard InChI is InChI=1S/C25H20N2O2S/c1-19-15-17-22(18-16-19)30(28,29)27-25(21-11-6-3-7-12-21)24-14-8-13-23(26-24)20-9-4-2-5-10-20/h2-18H,1H3/b27-25+. The molecule has 0 spiro atoms. The molecule has 1 heterocycles. The van der Waals surface area contributed by atoms with Crippen LogP contribution in [0.5, 0.6) is 0 Å². The van der Waals surface area contributed by atoms with Gasteiger partial charge in [-0.2, -0.15) is 12.8 Å². The van der Waals surface area contributed by atoms with E-state index in [1.54, 1.807) is 30.3 Å². The fourth-order valence-corrected chi connectivity index (χ4v) is 4.09. The molecule has 0 unspecified atom stereocenters. The van der Waals surface area contributed by atoms with Crippen molar-refractivity contribution < 1.29 is 8.42 Å². The quantitative estimate of drug-likeness (QED) is 0.419. The monoisotopic (exact) mass is 412 g/mol. The van der Waals surface area contributed by atoms with E-state index in [1.807, 2.05) is 79.7 Å². The summed E-state index contributed by atoms with van der Waals surface area (Å²) < 4.78 is 30.3. The van der Waals surface area contributed by atoms with Crippen molar-refractivity contribution >= 4 is 15.7 Å². The van der Waals surface area contributed by atoms with Gasteiger partial charge in [-0.25, -0.2) is 4.98 Å².